The molecule has 1 aliphatic heterocycles. The number of aliphatic imine (C=N–C) groups is 1. The lowest BCUT2D eigenvalue weighted by molar-refractivity contribution is 0.594. The molecule has 17 heavy (non-hydrogen) atoms. The molecule has 1 unspecified atom stereocenters. The smallest absolute Gasteiger partial charge is 0.196 e. The van der Waals surface area contributed by atoms with Crippen molar-refractivity contribution in [3.8, 4) is 0 Å². The zero-order chi connectivity index (χ0) is 12.7. The molecule has 1 atom stereocenters. The highest BCUT2D eigenvalue weighted by Crippen LogP contribution is 2.37. The van der Waals surface area contributed by atoms with E-state index in [9.17, 15) is 0 Å². The molecule has 0 amide bonds. The van der Waals surface area contributed by atoms with Gasteiger partial charge in [-0.3, -0.25) is 0 Å². The molecule has 0 fully saturated rings. The van der Waals surface area contributed by atoms with Crippen LogP contribution in [-0.4, -0.2) is 10.5 Å². The lowest BCUT2D eigenvalue weighted by Crippen LogP contribution is -2.41. The normalized spacial score (nSPS) is 19.2. The van der Waals surface area contributed by atoms with Crippen molar-refractivity contribution in [2.45, 2.75) is 45.8 Å². The first kappa shape index (κ1) is 12.0. The number of aromatic nitrogens is 1. The predicted octanol–water partition coefficient (Wildman–Crippen LogP) is 1.70. The molecule has 2 rings (SSSR count). The van der Waals surface area contributed by atoms with Crippen LogP contribution in [0.1, 0.15) is 56.9 Å². The summed E-state index contributed by atoms with van der Waals surface area (Å²) in [6.45, 7) is 8.58. The van der Waals surface area contributed by atoms with E-state index in [1.54, 1.807) is 0 Å². The first-order valence-electron chi connectivity index (χ1n) is 6.02. The Balaban J connectivity index is 2.65. The van der Waals surface area contributed by atoms with Crippen LogP contribution in [0.4, 0.5) is 5.82 Å². The van der Waals surface area contributed by atoms with Crippen LogP contribution in [0.3, 0.4) is 0 Å². The van der Waals surface area contributed by atoms with Gasteiger partial charge < -0.3 is 21.4 Å². The summed E-state index contributed by atoms with van der Waals surface area (Å²) >= 11 is 0. The Morgan fingerprint density at radius 3 is 2.53 bits per heavy atom. The highest BCUT2D eigenvalue weighted by molar-refractivity contribution is 5.84. The van der Waals surface area contributed by atoms with Crippen LogP contribution in [0.25, 0.3) is 0 Å². The number of nitrogens with two attached hydrogens (primary N) is 2. The maximum atomic E-state index is 6.10. The van der Waals surface area contributed by atoms with Crippen molar-refractivity contribution >= 4 is 11.8 Å². The van der Waals surface area contributed by atoms with E-state index in [0.717, 1.165) is 11.4 Å². The van der Waals surface area contributed by atoms with Gasteiger partial charge in [0.2, 0.25) is 0 Å². The molecule has 1 aromatic rings. The summed E-state index contributed by atoms with van der Waals surface area (Å²) in [5.74, 6) is 1.71. The maximum absolute atomic E-state index is 6.10. The largest absolute Gasteiger partial charge is 0.370 e. The number of nitrogens with one attached hydrogen (secondary N) is 1. The Bertz CT molecular complexity index is 456. The molecule has 0 aliphatic carbocycles. The minimum atomic E-state index is -0.264. The van der Waals surface area contributed by atoms with Crippen molar-refractivity contribution in [2.24, 2.45) is 16.5 Å². The minimum Gasteiger partial charge on any atom is -0.370 e. The van der Waals surface area contributed by atoms with Gasteiger partial charge in [0.1, 0.15) is 12.0 Å². The van der Waals surface area contributed by atoms with Gasteiger partial charge in [0.25, 0.3) is 0 Å². The zero-order valence-electron chi connectivity index (χ0n) is 10.9. The van der Waals surface area contributed by atoms with Gasteiger partial charge in [0, 0.05) is 17.8 Å². The second kappa shape index (κ2) is 4.07. The molecule has 2 heterocycles. The fourth-order valence-electron chi connectivity index (χ4n) is 2.22. The Labute approximate surface area is 102 Å². The van der Waals surface area contributed by atoms with Crippen LogP contribution in [0, 0.1) is 0 Å². The van der Waals surface area contributed by atoms with Crippen LogP contribution < -0.4 is 16.8 Å². The molecule has 1 aliphatic rings. The lowest BCUT2D eigenvalue weighted by atomic mass is 10.00. The molecule has 0 saturated heterocycles. The van der Waals surface area contributed by atoms with Crippen LogP contribution >= 0.6 is 0 Å². The molecule has 5 heteroatoms. The van der Waals surface area contributed by atoms with Crippen molar-refractivity contribution < 1.29 is 0 Å². The average molecular weight is 235 g/mol. The minimum absolute atomic E-state index is 0.264. The van der Waals surface area contributed by atoms with E-state index < -0.39 is 0 Å². The maximum Gasteiger partial charge on any atom is 0.196 e. The number of rotatable bonds is 2. The van der Waals surface area contributed by atoms with Crippen molar-refractivity contribution in [1.29, 1.82) is 0 Å². The van der Waals surface area contributed by atoms with Gasteiger partial charge in [-0.1, -0.05) is 13.8 Å². The predicted molar refractivity (Wildman–Crippen MR) is 70.3 cm³/mol. The second-order valence-electron chi connectivity index (χ2n) is 5.10. The third-order valence-electron chi connectivity index (χ3n) is 3.09. The summed E-state index contributed by atoms with van der Waals surface area (Å²) in [4.78, 5) is 4.39. The van der Waals surface area contributed by atoms with Gasteiger partial charge in [0.05, 0.1) is 0 Å². The lowest BCUT2D eigenvalue weighted by Gasteiger charge is -2.22. The monoisotopic (exact) mass is 235 g/mol. The molecule has 0 bridgehead atoms. The summed E-state index contributed by atoms with van der Waals surface area (Å²) in [5, 5.41) is 2.98. The first-order valence-corrected chi connectivity index (χ1v) is 6.02. The van der Waals surface area contributed by atoms with E-state index in [1.807, 2.05) is 0 Å². The Morgan fingerprint density at radius 1 is 1.35 bits per heavy atom. The van der Waals surface area contributed by atoms with E-state index in [4.69, 9.17) is 11.5 Å². The van der Waals surface area contributed by atoms with Crippen LogP contribution in [0.2, 0.25) is 0 Å². The third kappa shape index (κ3) is 1.91. The SMILES string of the molecule is CC(C)c1cn(C(C)C)c2c1C(N)NC(N)=N2. The summed E-state index contributed by atoms with van der Waals surface area (Å²) in [6, 6.07) is 0.345. The van der Waals surface area contributed by atoms with Crippen molar-refractivity contribution in [1.82, 2.24) is 9.88 Å². The van der Waals surface area contributed by atoms with Gasteiger partial charge in [-0.15, -0.1) is 0 Å². The van der Waals surface area contributed by atoms with Gasteiger partial charge in [-0.05, 0) is 25.3 Å². The molecule has 0 radical (unpaired) electrons. The molecule has 0 spiro atoms. The molecular weight excluding hydrogens is 214 g/mol. The topological polar surface area (TPSA) is 81.4 Å². The molecule has 0 saturated carbocycles. The number of fused-ring (bicyclic) bond motifs is 1. The second-order valence-corrected chi connectivity index (χ2v) is 5.10. The standard InChI is InChI=1S/C12H21N5/c1-6(2)8-5-17(7(3)4)11-9(8)10(13)15-12(14)16-11/h5-7,10H,13H2,1-4H3,(H3,14,15,16). The summed E-state index contributed by atoms with van der Waals surface area (Å²) in [6.07, 6.45) is 1.88. The molecule has 1 aromatic heterocycles. The molecular formula is C12H21N5. The Kier molecular flexibility index (Phi) is 2.87. The number of hydrogen-bond acceptors (Lipinski definition) is 4. The summed E-state index contributed by atoms with van der Waals surface area (Å²) in [7, 11) is 0. The van der Waals surface area contributed by atoms with Gasteiger partial charge >= 0.3 is 0 Å². The van der Waals surface area contributed by atoms with E-state index in [0.29, 0.717) is 17.9 Å². The Morgan fingerprint density at radius 2 is 2.00 bits per heavy atom. The molecule has 5 N–H and O–H groups in total. The molecule has 5 nitrogen and oxygen atoms in total. The van der Waals surface area contributed by atoms with Crippen molar-refractivity contribution in [3.05, 3.63) is 17.3 Å². The highest BCUT2D eigenvalue weighted by atomic mass is 15.2. The summed E-state index contributed by atoms with van der Waals surface area (Å²) < 4.78 is 2.14. The van der Waals surface area contributed by atoms with E-state index >= 15 is 0 Å². The van der Waals surface area contributed by atoms with Crippen molar-refractivity contribution in [3.63, 3.8) is 0 Å². The molecule has 94 valence electrons. The van der Waals surface area contributed by atoms with Gasteiger partial charge in [-0.2, -0.15) is 4.99 Å². The molecule has 0 aromatic carbocycles. The van der Waals surface area contributed by atoms with Gasteiger partial charge in [-0.25, -0.2) is 0 Å². The average Bonchev–Trinajstić information content (AvgIpc) is 2.56. The summed E-state index contributed by atoms with van der Waals surface area (Å²) in [5.41, 5.74) is 14.2. The van der Waals surface area contributed by atoms with Crippen LogP contribution in [-0.2, 0) is 0 Å². The van der Waals surface area contributed by atoms with Gasteiger partial charge in [0.15, 0.2) is 5.96 Å². The van der Waals surface area contributed by atoms with E-state index in [1.165, 1.54) is 5.56 Å². The fraction of sp³-hybridized carbons (Fsp3) is 0.583. The van der Waals surface area contributed by atoms with Crippen LogP contribution in [0.15, 0.2) is 11.2 Å². The fourth-order valence-corrected chi connectivity index (χ4v) is 2.22. The van der Waals surface area contributed by atoms with E-state index in [-0.39, 0.29) is 6.17 Å². The third-order valence-corrected chi connectivity index (χ3v) is 3.09. The van der Waals surface area contributed by atoms with Crippen LogP contribution in [0.5, 0.6) is 0 Å². The Hall–Kier alpha value is -1.49. The van der Waals surface area contributed by atoms with Crippen molar-refractivity contribution in [2.75, 3.05) is 0 Å². The first-order chi connectivity index (χ1) is 7.91. The van der Waals surface area contributed by atoms with E-state index in [2.05, 4.69) is 48.8 Å². The number of nitrogens with zero attached hydrogens (tertiary/aromatic N) is 2. The zero-order valence-corrected chi connectivity index (χ0v) is 10.9. The highest BCUT2D eigenvalue weighted by Gasteiger charge is 2.27. The quantitative estimate of drug-likeness (QED) is 0.729. The number of guanidine groups is 1. The number of hydrogen-bond donors (Lipinski definition) is 3.